The number of nitriles is 1. The fourth-order valence-electron chi connectivity index (χ4n) is 2.87. The van der Waals surface area contributed by atoms with E-state index in [0.29, 0.717) is 11.3 Å². The molecular formula is C19H18N4O5S. The second-order valence-electron chi connectivity index (χ2n) is 6.34. The van der Waals surface area contributed by atoms with E-state index < -0.39 is 28.6 Å². The number of hydrogen-bond donors (Lipinski definition) is 3. The Hall–Kier alpha value is -3.31. The number of benzene rings is 1. The zero-order chi connectivity index (χ0) is 21.2. The van der Waals surface area contributed by atoms with Crippen LogP contribution in [0.2, 0.25) is 0 Å². The van der Waals surface area contributed by atoms with Crippen molar-refractivity contribution in [3.63, 3.8) is 0 Å². The first-order chi connectivity index (χ1) is 13.8. The molecule has 150 valence electrons. The van der Waals surface area contributed by atoms with Gasteiger partial charge in [0.1, 0.15) is 24.2 Å². The van der Waals surface area contributed by atoms with Gasteiger partial charge in [0.25, 0.3) is 5.91 Å². The Labute approximate surface area is 168 Å². The monoisotopic (exact) mass is 414 g/mol. The lowest BCUT2D eigenvalue weighted by Gasteiger charge is -2.11. The van der Waals surface area contributed by atoms with Crippen LogP contribution in [0.25, 0.3) is 0 Å². The fourth-order valence-corrected chi connectivity index (χ4v) is 4.20. The molecule has 0 aliphatic carbocycles. The van der Waals surface area contributed by atoms with Gasteiger partial charge in [-0.2, -0.15) is 9.98 Å². The number of nitrogens with zero attached hydrogens (tertiary/aromatic N) is 2. The molecule has 0 fully saturated rings. The van der Waals surface area contributed by atoms with Gasteiger partial charge in [0, 0.05) is 18.9 Å². The van der Waals surface area contributed by atoms with Crippen LogP contribution in [0.5, 0.6) is 5.75 Å². The summed E-state index contributed by atoms with van der Waals surface area (Å²) in [7, 11) is -2.46. The molecule has 1 unspecified atom stereocenters. The molecule has 2 heterocycles. The van der Waals surface area contributed by atoms with Gasteiger partial charge in [-0.1, -0.05) is 17.9 Å². The number of aryl methyl sites for hydroxylation is 2. The number of nitrogens with one attached hydrogen (secondary N) is 2. The molecule has 0 radical (unpaired) electrons. The van der Waals surface area contributed by atoms with Crippen LogP contribution in [0, 0.1) is 30.1 Å². The van der Waals surface area contributed by atoms with E-state index in [-0.39, 0.29) is 22.9 Å². The topological polar surface area (TPSA) is 133 Å². The molecule has 1 atom stereocenters. The lowest BCUT2D eigenvalue weighted by atomic mass is 10.1. The van der Waals surface area contributed by atoms with Crippen molar-refractivity contribution in [3.05, 3.63) is 41.2 Å². The van der Waals surface area contributed by atoms with Crippen LogP contribution in [0.1, 0.15) is 21.6 Å². The summed E-state index contributed by atoms with van der Waals surface area (Å²) in [5.41, 5.74) is 1.60. The molecule has 1 aliphatic rings. The molecule has 3 N–H and O–H groups in total. The lowest BCUT2D eigenvalue weighted by molar-refractivity contribution is 0.101. The number of carbonyl (C=O) groups is 1. The van der Waals surface area contributed by atoms with Gasteiger partial charge in [-0.05, 0) is 24.6 Å². The van der Waals surface area contributed by atoms with Crippen LogP contribution >= 0.6 is 0 Å². The van der Waals surface area contributed by atoms with Gasteiger partial charge in [-0.25, -0.2) is 8.42 Å². The lowest BCUT2D eigenvalue weighted by Crippen LogP contribution is -2.35. The maximum absolute atomic E-state index is 12.9. The first-order valence-corrected chi connectivity index (χ1v) is 10.0. The Balaban J connectivity index is 1.96. The molecule has 1 aromatic heterocycles. The molecule has 2 aromatic rings. The molecule has 3 rings (SSSR count). The third-order valence-corrected chi connectivity index (χ3v) is 5.73. The quantitative estimate of drug-likeness (QED) is 0.613. The summed E-state index contributed by atoms with van der Waals surface area (Å²) in [5, 5.41) is 20.6. The van der Waals surface area contributed by atoms with Crippen molar-refractivity contribution < 1.29 is 23.1 Å². The Kier molecular flexibility index (Phi) is 5.62. The van der Waals surface area contributed by atoms with Crippen molar-refractivity contribution in [1.29, 1.82) is 5.26 Å². The summed E-state index contributed by atoms with van der Waals surface area (Å²) in [5.74, 6) is 4.28. The van der Waals surface area contributed by atoms with E-state index in [9.17, 15) is 13.2 Å². The smallest absolute Gasteiger partial charge is 0.276 e. The van der Waals surface area contributed by atoms with E-state index in [4.69, 9.17) is 15.1 Å². The molecule has 0 saturated carbocycles. The van der Waals surface area contributed by atoms with E-state index >= 15 is 0 Å². The molecule has 1 aliphatic heterocycles. The molecule has 0 spiro atoms. The summed E-state index contributed by atoms with van der Waals surface area (Å²) in [6, 6.07) is 6.07. The van der Waals surface area contributed by atoms with Crippen LogP contribution in [0.3, 0.4) is 0 Å². The Bertz CT molecular complexity index is 1180. The van der Waals surface area contributed by atoms with Gasteiger partial charge in [0.2, 0.25) is 10.0 Å². The summed E-state index contributed by atoms with van der Waals surface area (Å²) < 4.78 is 34.6. The summed E-state index contributed by atoms with van der Waals surface area (Å²) in [4.78, 5) is 12.7. The van der Waals surface area contributed by atoms with Crippen molar-refractivity contribution >= 4 is 21.6 Å². The third-order valence-electron chi connectivity index (χ3n) is 4.27. The average Bonchev–Trinajstić information content (AvgIpc) is 2.96. The van der Waals surface area contributed by atoms with Crippen molar-refractivity contribution in [2.24, 2.45) is 7.05 Å². The standard InChI is InChI=1S/C19H18N4O5S/c1-12-5-6-14(8-13(12)9-20)21-19(25)17-18-16(10-23(17)2)29(26,27)22-15(11-28-18)4-3-7-24/h5-6,8,10,15,22,24H,7,11H2,1-2H3,(H,21,25). The SMILES string of the molecule is Cc1ccc(NC(=O)c2c3c(cn2C)S(=O)(=O)NC(C#CCO)CO3)cc1C#N. The van der Waals surface area contributed by atoms with Gasteiger partial charge in [-0.3, -0.25) is 4.79 Å². The predicted molar refractivity (Wildman–Crippen MR) is 104 cm³/mol. The molecule has 1 amide bonds. The van der Waals surface area contributed by atoms with Crippen LogP contribution in [-0.4, -0.2) is 43.3 Å². The van der Waals surface area contributed by atoms with E-state index in [1.165, 1.54) is 23.9 Å². The van der Waals surface area contributed by atoms with Gasteiger partial charge in [0.15, 0.2) is 11.4 Å². The van der Waals surface area contributed by atoms with Gasteiger partial charge in [0.05, 0.1) is 11.6 Å². The molecule has 9 nitrogen and oxygen atoms in total. The zero-order valence-corrected chi connectivity index (χ0v) is 16.5. The number of sulfonamides is 1. The minimum atomic E-state index is -3.99. The summed E-state index contributed by atoms with van der Waals surface area (Å²) in [6.45, 7) is 1.23. The number of fused-ring (bicyclic) bond motifs is 1. The molecular weight excluding hydrogens is 396 g/mol. The van der Waals surface area contributed by atoms with Gasteiger partial charge < -0.3 is 19.7 Å². The van der Waals surface area contributed by atoms with E-state index in [1.807, 2.05) is 6.07 Å². The van der Waals surface area contributed by atoms with Crippen LogP contribution < -0.4 is 14.8 Å². The first-order valence-electron chi connectivity index (χ1n) is 8.52. The number of amides is 1. The zero-order valence-electron chi connectivity index (χ0n) is 15.7. The Morgan fingerprint density at radius 3 is 2.93 bits per heavy atom. The van der Waals surface area contributed by atoms with Crippen LogP contribution in [0.15, 0.2) is 29.3 Å². The van der Waals surface area contributed by atoms with Crippen LogP contribution in [0.4, 0.5) is 5.69 Å². The summed E-state index contributed by atoms with van der Waals surface area (Å²) in [6.07, 6.45) is 1.28. The van der Waals surface area contributed by atoms with Crippen LogP contribution in [-0.2, 0) is 17.1 Å². The molecule has 10 heteroatoms. The number of ether oxygens (including phenoxy) is 1. The third kappa shape index (κ3) is 4.10. The molecule has 0 bridgehead atoms. The highest BCUT2D eigenvalue weighted by atomic mass is 32.2. The number of anilines is 1. The van der Waals surface area contributed by atoms with Crippen molar-refractivity contribution in [2.45, 2.75) is 17.9 Å². The van der Waals surface area contributed by atoms with E-state index in [1.54, 1.807) is 19.1 Å². The van der Waals surface area contributed by atoms with E-state index in [2.05, 4.69) is 21.9 Å². The number of rotatable bonds is 2. The van der Waals surface area contributed by atoms with Crippen molar-refractivity contribution in [1.82, 2.24) is 9.29 Å². The van der Waals surface area contributed by atoms with Gasteiger partial charge in [-0.15, -0.1) is 0 Å². The minimum absolute atomic E-state index is 0.0141. The minimum Gasteiger partial charge on any atom is -0.487 e. The van der Waals surface area contributed by atoms with Crippen molar-refractivity contribution in [2.75, 3.05) is 18.5 Å². The fraction of sp³-hybridized carbons (Fsp3) is 0.263. The highest BCUT2D eigenvalue weighted by molar-refractivity contribution is 7.89. The highest BCUT2D eigenvalue weighted by Gasteiger charge is 2.34. The highest BCUT2D eigenvalue weighted by Crippen LogP contribution is 2.32. The normalized spacial score (nSPS) is 17.0. The van der Waals surface area contributed by atoms with Gasteiger partial charge >= 0.3 is 0 Å². The van der Waals surface area contributed by atoms with Crippen molar-refractivity contribution in [3.8, 4) is 23.7 Å². The second-order valence-corrected chi connectivity index (χ2v) is 8.02. The number of hydrogen-bond acceptors (Lipinski definition) is 6. The average molecular weight is 414 g/mol. The van der Waals surface area contributed by atoms with E-state index in [0.717, 1.165) is 5.56 Å². The second kappa shape index (κ2) is 7.97. The molecule has 1 aromatic carbocycles. The number of aliphatic hydroxyl groups excluding tert-OH is 1. The number of aromatic nitrogens is 1. The maximum Gasteiger partial charge on any atom is 0.276 e. The number of aliphatic hydroxyl groups is 1. The summed E-state index contributed by atoms with van der Waals surface area (Å²) >= 11 is 0. The predicted octanol–water partition coefficient (Wildman–Crippen LogP) is 0.492. The molecule has 29 heavy (non-hydrogen) atoms. The Morgan fingerprint density at radius 2 is 2.24 bits per heavy atom. The largest absolute Gasteiger partial charge is 0.487 e. The Morgan fingerprint density at radius 1 is 1.48 bits per heavy atom. The maximum atomic E-state index is 12.9. The number of carbonyl (C=O) groups excluding carboxylic acids is 1. The molecule has 0 saturated heterocycles. The first kappa shape index (κ1) is 20.4.